The molecule has 2 atom stereocenters. The number of halogens is 1. The van der Waals surface area contributed by atoms with E-state index < -0.39 is 0 Å². The number of amides is 3. The van der Waals surface area contributed by atoms with Gasteiger partial charge in [-0.3, -0.25) is 9.69 Å². The van der Waals surface area contributed by atoms with Crippen molar-refractivity contribution in [2.75, 3.05) is 58.3 Å². The first kappa shape index (κ1) is 21.4. The lowest BCUT2D eigenvalue weighted by atomic mass is 9.75. The van der Waals surface area contributed by atoms with Crippen LogP contribution in [0.1, 0.15) is 19.8 Å². The number of urea groups is 1. The first-order valence-corrected chi connectivity index (χ1v) is 11.2. The maximum atomic E-state index is 13.2. The number of anilines is 1. The molecule has 164 valence electrons. The Labute approximate surface area is 183 Å². The summed E-state index contributed by atoms with van der Waals surface area (Å²) in [5.41, 5.74) is 0.564. The number of nitrogens with zero attached hydrogens (tertiary/aromatic N) is 3. The van der Waals surface area contributed by atoms with E-state index in [1.807, 2.05) is 17.0 Å². The largest absolute Gasteiger partial charge is 0.383 e. The summed E-state index contributed by atoms with van der Waals surface area (Å²) in [6, 6.07) is 7.08. The predicted octanol–water partition coefficient (Wildman–Crippen LogP) is 2.76. The third-order valence-electron chi connectivity index (χ3n) is 7.13. The number of piperidine rings is 1. The molecule has 1 N–H and O–H groups in total. The van der Waals surface area contributed by atoms with Crippen LogP contribution in [0, 0.1) is 11.8 Å². The van der Waals surface area contributed by atoms with Crippen LogP contribution in [0.3, 0.4) is 0 Å². The maximum absolute atomic E-state index is 13.2. The standard InChI is InChI=1S/C22H31ClN4O3/c1-3-27-20(28)18-14-25(11-12-30-2)15-19(18)22(27)7-9-26(10-8-22)21(29)24-17-6-4-5-16(23)13-17/h4-6,13,18-19H,3,7-12,14-15H2,1-2H3,(H,24,29)/t18-,19+/m1/s1. The topological polar surface area (TPSA) is 65.1 Å². The van der Waals surface area contributed by atoms with Crippen molar-refractivity contribution in [3.63, 3.8) is 0 Å². The zero-order valence-corrected chi connectivity index (χ0v) is 18.5. The lowest BCUT2D eigenvalue weighted by Gasteiger charge is -2.47. The Morgan fingerprint density at radius 1 is 1.30 bits per heavy atom. The van der Waals surface area contributed by atoms with E-state index in [1.54, 1.807) is 19.2 Å². The molecular weight excluding hydrogens is 404 g/mol. The molecule has 3 amide bonds. The predicted molar refractivity (Wildman–Crippen MR) is 117 cm³/mol. The molecule has 0 saturated carbocycles. The third-order valence-corrected chi connectivity index (χ3v) is 7.36. The number of fused-ring (bicyclic) bond motifs is 2. The Bertz CT molecular complexity index is 796. The molecule has 0 unspecified atom stereocenters. The highest BCUT2D eigenvalue weighted by Crippen LogP contribution is 2.49. The average molecular weight is 435 g/mol. The number of hydrogen-bond acceptors (Lipinski definition) is 4. The van der Waals surface area contributed by atoms with E-state index >= 15 is 0 Å². The minimum Gasteiger partial charge on any atom is -0.383 e. The van der Waals surface area contributed by atoms with Gasteiger partial charge in [0.15, 0.2) is 0 Å². The second-order valence-electron chi connectivity index (χ2n) is 8.58. The number of rotatable bonds is 5. The summed E-state index contributed by atoms with van der Waals surface area (Å²) >= 11 is 6.02. The molecule has 7 nitrogen and oxygen atoms in total. The number of carbonyl (C=O) groups excluding carboxylic acids is 2. The van der Waals surface area contributed by atoms with Gasteiger partial charge in [-0.15, -0.1) is 0 Å². The molecule has 3 saturated heterocycles. The summed E-state index contributed by atoms with van der Waals surface area (Å²) in [5, 5.41) is 3.54. The van der Waals surface area contributed by atoms with Crippen LogP contribution in [0.5, 0.6) is 0 Å². The number of carbonyl (C=O) groups is 2. The molecule has 1 aromatic carbocycles. The van der Waals surface area contributed by atoms with Crippen LogP contribution >= 0.6 is 11.6 Å². The fraction of sp³-hybridized carbons (Fsp3) is 0.636. The summed E-state index contributed by atoms with van der Waals surface area (Å²) < 4.78 is 5.23. The average Bonchev–Trinajstić information content (AvgIpc) is 3.25. The van der Waals surface area contributed by atoms with Gasteiger partial charge in [-0.1, -0.05) is 17.7 Å². The van der Waals surface area contributed by atoms with E-state index in [9.17, 15) is 9.59 Å². The fourth-order valence-electron chi connectivity index (χ4n) is 5.68. The number of ether oxygens (including phenoxy) is 1. The van der Waals surface area contributed by atoms with Crippen molar-refractivity contribution in [1.29, 1.82) is 0 Å². The fourth-order valence-corrected chi connectivity index (χ4v) is 5.87. The number of hydrogen-bond donors (Lipinski definition) is 1. The highest BCUT2D eigenvalue weighted by molar-refractivity contribution is 6.30. The minimum atomic E-state index is -0.134. The second-order valence-corrected chi connectivity index (χ2v) is 9.02. The first-order chi connectivity index (χ1) is 14.5. The monoisotopic (exact) mass is 434 g/mol. The van der Waals surface area contributed by atoms with Crippen molar-refractivity contribution in [3.05, 3.63) is 29.3 Å². The molecule has 30 heavy (non-hydrogen) atoms. The second kappa shape index (κ2) is 8.73. The van der Waals surface area contributed by atoms with Crippen molar-refractivity contribution in [1.82, 2.24) is 14.7 Å². The third kappa shape index (κ3) is 3.79. The van der Waals surface area contributed by atoms with Gasteiger partial charge in [0.25, 0.3) is 0 Å². The quantitative estimate of drug-likeness (QED) is 0.773. The van der Waals surface area contributed by atoms with Crippen molar-refractivity contribution >= 4 is 29.2 Å². The van der Waals surface area contributed by atoms with Gasteiger partial charge < -0.3 is 19.9 Å². The Kier molecular flexibility index (Phi) is 6.23. The molecule has 0 aromatic heterocycles. The van der Waals surface area contributed by atoms with Crippen LogP contribution in [0.15, 0.2) is 24.3 Å². The van der Waals surface area contributed by atoms with Gasteiger partial charge in [0, 0.05) is 63.0 Å². The van der Waals surface area contributed by atoms with Gasteiger partial charge >= 0.3 is 6.03 Å². The summed E-state index contributed by atoms with van der Waals surface area (Å²) in [6.45, 7) is 7.42. The molecule has 8 heteroatoms. The first-order valence-electron chi connectivity index (χ1n) is 10.8. The van der Waals surface area contributed by atoms with Gasteiger partial charge in [0.1, 0.15) is 0 Å². The maximum Gasteiger partial charge on any atom is 0.321 e. The summed E-state index contributed by atoms with van der Waals surface area (Å²) in [7, 11) is 1.71. The summed E-state index contributed by atoms with van der Waals surface area (Å²) in [6.07, 6.45) is 1.66. The van der Waals surface area contributed by atoms with Crippen molar-refractivity contribution in [3.8, 4) is 0 Å². The van der Waals surface area contributed by atoms with Crippen molar-refractivity contribution in [2.45, 2.75) is 25.3 Å². The molecule has 0 aliphatic carbocycles. The van der Waals surface area contributed by atoms with E-state index in [-0.39, 0.29) is 17.5 Å². The van der Waals surface area contributed by atoms with Crippen LogP contribution in [-0.2, 0) is 9.53 Å². The van der Waals surface area contributed by atoms with E-state index in [0.717, 1.165) is 39.0 Å². The molecule has 1 spiro atoms. The number of benzene rings is 1. The molecule has 3 aliphatic heterocycles. The van der Waals surface area contributed by atoms with Crippen LogP contribution in [0.25, 0.3) is 0 Å². The molecule has 3 fully saturated rings. The smallest absolute Gasteiger partial charge is 0.321 e. The van der Waals surface area contributed by atoms with Crippen LogP contribution in [0.2, 0.25) is 5.02 Å². The highest BCUT2D eigenvalue weighted by atomic mass is 35.5. The zero-order valence-electron chi connectivity index (χ0n) is 17.8. The molecule has 3 aliphatic rings. The van der Waals surface area contributed by atoms with Gasteiger partial charge in [-0.05, 0) is 38.0 Å². The number of methoxy groups -OCH3 is 1. The highest BCUT2D eigenvalue weighted by Gasteiger charge is 2.61. The van der Waals surface area contributed by atoms with Crippen LogP contribution < -0.4 is 5.32 Å². The van der Waals surface area contributed by atoms with Gasteiger partial charge in [-0.25, -0.2) is 4.79 Å². The number of nitrogens with one attached hydrogen (secondary N) is 1. The van der Waals surface area contributed by atoms with Crippen molar-refractivity contribution < 1.29 is 14.3 Å². The molecule has 0 bridgehead atoms. The Hall–Kier alpha value is -1.83. The van der Waals surface area contributed by atoms with Gasteiger partial charge in [0.2, 0.25) is 5.91 Å². The van der Waals surface area contributed by atoms with E-state index in [0.29, 0.717) is 42.2 Å². The SMILES string of the molecule is CCN1C(=O)[C@@H]2CN(CCOC)C[C@@H]2C12CCN(C(=O)Nc1cccc(Cl)c1)CC2. The van der Waals surface area contributed by atoms with Crippen LogP contribution in [0.4, 0.5) is 10.5 Å². The van der Waals surface area contributed by atoms with E-state index in [1.165, 1.54) is 0 Å². The van der Waals surface area contributed by atoms with E-state index in [4.69, 9.17) is 16.3 Å². The lowest BCUT2D eigenvalue weighted by Crippen LogP contribution is -2.58. The van der Waals surface area contributed by atoms with E-state index in [2.05, 4.69) is 22.0 Å². The van der Waals surface area contributed by atoms with Gasteiger partial charge in [-0.2, -0.15) is 0 Å². The Balaban J connectivity index is 1.43. The Morgan fingerprint density at radius 2 is 2.07 bits per heavy atom. The summed E-state index contributed by atoms with van der Waals surface area (Å²) in [5.74, 6) is 0.702. The normalized spacial score (nSPS) is 25.8. The Morgan fingerprint density at radius 3 is 2.73 bits per heavy atom. The lowest BCUT2D eigenvalue weighted by molar-refractivity contribution is -0.135. The van der Waals surface area contributed by atoms with Crippen molar-refractivity contribution in [2.24, 2.45) is 11.8 Å². The van der Waals surface area contributed by atoms with Crippen LogP contribution in [-0.4, -0.2) is 85.2 Å². The number of likely N-dealkylation sites (tertiary alicyclic amines) is 3. The minimum absolute atomic E-state index is 0.0774. The van der Waals surface area contributed by atoms with Gasteiger partial charge in [0.05, 0.1) is 18.1 Å². The molecule has 0 radical (unpaired) electrons. The zero-order chi connectivity index (χ0) is 21.3. The molecule has 4 rings (SSSR count). The summed E-state index contributed by atoms with van der Waals surface area (Å²) in [4.78, 5) is 32.3. The molecular formula is C22H31ClN4O3. The molecule has 1 aromatic rings. The molecule has 3 heterocycles.